The van der Waals surface area contributed by atoms with Gasteiger partial charge in [0.15, 0.2) is 0 Å². The molecule has 1 rings (SSSR count). The molecule has 0 saturated heterocycles. The SMILES string of the molecule is O=c1cc(Br)ccn1CC(F)(F)F. The summed E-state index contributed by atoms with van der Waals surface area (Å²) in [5.74, 6) is 0. The minimum Gasteiger partial charge on any atom is -0.306 e. The van der Waals surface area contributed by atoms with Gasteiger partial charge in [-0.1, -0.05) is 15.9 Å². The molecule has 1 heterocycles. The van der Waals surface area contributed by atoms with E-state index in [9.17, 15) is 18.0 Å². The smallest absolute Gasteiger partial charge is 0.306 e. The first-order valence-electron chi connectivity index (χ1n) is 3.31. The molecule has 13 heavy (non-hydrogen) atoms. The third-order valence-corrected chi connectivity index (χ3v) is 1.80. The molecule has 2 nitrogen and oxygen atoms in total. The summed E-state index contributed by atoms with van der Waals surface area (Å²) in [6.07, 6.45) is -3.27. The predicted octanol–water partition coefficient (Wildman–Crippen LogP) is 2.17. The molecule has 0 aliphatic carbocycles. The highest BCUT2D eigenvalue weighted by molar-refractivity contribution is 9.10. The van der Waals surface area contributed by atoms with E-state index in [0.29, 0.717) is 9.04 Å². The van der Waals surface area contributed by atoms with Crippen LogP contribution in [0, 0.1) is 0 Å². The van der Waals surface area contributed by atoms with Crippen LogP contribution in [0.5, 0.6) is 0 Å². The van der Waals surface area contributed by atoms with Gasteiger partial charge in [-0.05, 0) is 6.07 Å². The van der Waals surface area contributed by atoms with Crippen LogP contribution in [0.15, 0.2) is 27.6 Å². The van der Waals surface area contributed by atoms with E-state index in [1.54, 1.807) is 0 Å². The van der Waals surface area contributed by atoms with Crippen molar-refractivity contribution in [1.29, 1.82) is 0 Å². The molecule has 1 aromatic heterocycles. The average Bonchev–Trinajstić information content (AvgIpc) is 1.93. The third kappa shape index (κ3) is 3.22. The highest BCUT2D eigenvalue weighted by Crippen LogP contribution is 2.16. The topological polar surface area (TPSA) is 22.0 Å². The maximum atomic E-state index is 11.9. The van der Waals surface area contributed by atoms with Gasteiger partial charge >= 0.3 is 6.18 Å². The number of aromatic nitrogens is 1. The third-order valence-electron chi connectivity index (χ3n) is 1.31. The lowest BCUT2D eigenvalue weighted by atomic mass is 10.4. The average molecular weight is 256 g/mol. The molecule has 72 valence electrons. The van der Waals surface area contributed by atoms with E-state index in [1.807, 2.05) is 0 Å². The van der Waals surface area contributed by atoms with Gasteiger partial charge in [-0.2, -0.15) is 13.2 Å². The molecule has 0 spiro atoms. The molecule has 0 unspecified atom stereocenters. The molecular weight excluding hydrogens is 251 g/mol. The Bertz CT molecular complexity index is 357. The summed E-state index contributed by atoms with van der Waals surface area (Å²) in [7, 11) is 0. The lowest BCUT2D eigenvalue weighted by Gasteiger charge is -2.08. The quantitative estimate of drug-likeness (QED) is 0.754. The Kier molecular flexibility index (Phi) is 2.80. The van der Waals surface area contributed by atoms with Crippen LogP contribution in [0.2, 0.25) is 0 Å². The number of rotatable bonds is 1. The molecule has 0 atom stereocenters. The number of pyridine rings is 1. The largest absolute Gasteiger partial charge is 0.406 e. The first-order valence-corrected chi connectivity index (χ1v) is 4.10. The molecule has 6 heteroatoms. The van der Waals surface area contributed by atoms with Gasteiger partial charge < -0.3 is 4.57 Å². The summed E-state index contributed by atoms with van der Waals surface area (Å²) >= 11 is 2.98. The summed E-state index contributed by atoms with van der Waals surface area (Å²) in [5.41, 5.74) is -0.674. The monoisotopic (exact) mass is 255 g/mol. The minimum absolute atomic E-state index is 0.468. The Morgan fingerprint density at radius 2 is 2.08 bits per heavy atom. The Labute approximate surface area is 80.1 Å². The van der Waals surface area contributed by atoms with Crippen molar-refractivity contribution >= 4 is 15.9 Å². The van der Waals surface area contributed by atoms with Crippen LogP contribution in [-0.4, -0.2) is 10.7 Å². The number of hydrogen-bond donors (Lipinski definition) is 0. The maximum Gasteiger partial charge on any atom is 0.406 e. The first kappa shape index (κ1) is 10.3. The predicted molar refractivity (Wildman–Crippen MR) is 44.5 cm³/mol. The Balaban J connectivity index is 2.98. The Hall–Kier alpha value is -0.780. The molecule has 0 radical (unpaired) electrons. The van der Waals surface area contributed by atoms with Gasteiger partial charge in [0.2, 0.25) is 0 Å². The summed E-state index contributed by atoms with van der Waals surface area (Å²) in [6.45, 7) is -1.25. The molecule has 0 aliphatic rings. The molecule has 1 aromatic rings. The summed E-state index contributed by atoms with van der Waals surface area (Å²) < 4.78 is 36.6. The highest BCUT2D eigenvalue weighted by Gasteiger charge is 2.28. The summed E-state index contributed by atoms with van der Waals surface area (Å²) in [6, 6.07) is 2.47. The van der Waals surface area contributed by atoms with Crippen molar-refractivity contribution in [3.63, 3.8) is 0 Å². The molecule has 0 saturated carbocycles. The van der Waals surface area contributed by atoms with Gasteiger partial charge in [0.05, 0.1) is 0 Å². The van der Waals surface area contributed by atoms with Crippen molar-refractivity contribution in [3.8, 4) is 0 Å². The van der Waals surface area contributed by atoms with Gasteiger partial charge in [-0.25, -0.2) is 0 Å². The van der Waals surface area contributed by atoms with Crippen LogP contribution in [0.3, 0.4) is 0 Å². The van der Waals surface area contributed by atoms with Crippen LogP contribution < -0.4 is 5.56 Å². The van der Waals surface area contributed by atoms with E-state index in [0.717, 1.165) is 12.3 Å². The molecule has 0 N–H and O–H groups in total. The second-order valence-corrected chi connectivity index (χ2v) is 3.34. The normalized spacial score (nSPS) is 11.7. The van der Waals surface area contributed by atoms with Gasteiger partial charge in [0, 0.05) is 16.7 Å². The van der Waals surface area contributed by atoms with Crippen molar-refractivity contribution < 1.29 is 13.2 Å². The van der Waals surface area contributed by atoms with Crippen LogP contribution in [0.25, 0.3) is 0 Å². The van der Waals surface area contributed by atoms with E-state index in [2.05, 4.69) is 15.9 Å². The number of alkyl halides is 3. The first-order chi connectivity index (χ1) is 5.88. The van der Waals surface area contributed by atoms with Crippen LogP contribution in [0.1, 0.15) is 0 Å². The lowest BCUT2D eigenvalue weighted by Crippen LogP contribution is -2.26. The highest BCUT2D eigenvalue weighted by atomic mass is 79.9. The molecule has 0 amide bonds. The van der Waals surface area contributed by atoms with Gasteiger partial charge in [-0.15, -0.1) is 0 Å². The second-order valence-electron chi connectivity index (χ2n) is 2.43. The van der Waals surface area contributed by atoms with Crippen molar-refractivity contribution in [3.05, 3.63) is 33.2 Å². The van der Waals surface area contributed by atoms with E-state index in [-0.39, 0.29) is 0 Å². The molecule has 0 aliphatic heterocycles. The summed E-state index contributed by atoms with van der Waals surface area (Å²) in [5, 5.41) is 0. The standard InChI is InChI=1S/C7H5BrF3NO/c8-5-1-2-12(6(13)3-5)4-7(9,10)11/h1-3H,4H2. The second kappa shape index (κ2) is 3.53. The lowest BCUT2D eigenvalue weighted by molar-refractivity contribution is -0.141. The van der Waals surface area contributed by atoms with E-state index < -0.39 is 18.3 Å². The van der Waals surface area contributed by atoms with Crippen LogP contribution in [-0.2, 0) is 6.54 Å². The fraction of sp³-hybridized carbons (Fsp3) is 0.286. The number of nitrogens with zero attached hydrogens (tertiary/aromatic N) is 1. The van der Waals surface area contributed by atoms with E-state index >= 15 is 0 Å². The zero-order valence-electron chi connectivity index (χ0n) is 6.31. The van der Waals surface area contributed by atoms with Crippen molar-refractivity contribution in [2.24, 2.45) is 0 Å². The van der Waals surface area contributed by atoms with E-state index in [4.69, 9.17) is 0 Å². The summed E-state index contributed by atoms with van der Waals surface area (Å²) in [4.78, 5) is 11.0. The van der Waals surface area contributed by atoms with Crippen molar-refractivity contribution in [2.45, 2.75) is 12.7 Å². The van der Waals surface area contributed by atoms with Crippen molar-refractivity contribution in [1.82, 2.24) is 4.57 Å². The zero-order valence-corrected chi connectivity index (χ0v) is 7.89. The van der Waals surface area contributed by atoms with Crippen LogP contribution in [0.4, 0.5) is 13.2 Å². The molecular formula is C7H5BrF3NO. The Morgan fingerprint density at radius 3 is 2.54 bits per heavy atom. The zero-order chi connectivity index (χ0) is 10.1. The fourth-order valence-electron chi connectivity index (χ4n) is 0.807. The van der Waals surface area contributed by atoms with Crippen molar-refractivity contribution in [2.75, 3.05) is 0 Å². The fourth-order valence-corrected chi connectivity index (χ4v) is 1.12. The maximum absolute atomic E-state index is 11.9. The number of hydrogen-bond acceptors (Lipinski definition) is 1. The molecule has 0 aromatic carbocycles. The van der Waals surface area contributed by atoms with Gasteiger partial charge in [0.25, 0.3) is 5.56 Å². The van der Waals surface area contributed by atoms with Crippen LogP contribution >= 0.6 is 15.9 Å². The number of halogens is 4. The molecule has 0 fully saturated rings. The Morgan fingerprint density at radius 1 is 1.46 bits per heavy atom. The molecule has 0 bridgehead atoms. The van der Waals surface area contributed by atoms with E-state index in [1.165, 1.54) is 6.07 Å². The minimum atomic E-state index is -4.36. The van der Waals surface area contributed by atoms with Gasteiger partial charge in [0.1, 0.15) is 6.54 Å². The van der Waals surface area contributed by atoms with Gasteiger partial charge in [-0.3, -0.25) is 4.79 Å².